The van der Waals surface area contributed by atoms with Crippen LogP contribution in [0.25, 0.3) is 11.3 Å². The van der Waals surface area contributed by atoms with Crippen molar-refractivity contribution in [3.63, 3.8) is 0 Å². The van der Waals surface area contributed by atoms with Gasteiger partial charge in [0.2, 0.25) is 0 Å². The molecule has 1 aromatic heterocycles. The van der Waals surface area contributed by atoms with Gasteiger partial charge in [-0.1, -0.05) is 33.2 Å². The Bertz CT molecular complexity index is 453. The smallest absolute Gasteiger partial charge is 0.171 e. The van der Waals surface area contributed by atoms with Gasteiger partial charge in [-0.3, -0.25) is 0 Å². The molecule has 0 radical (unpaired) electrons. The van der Waals surface area contributed by atoms with Gasteiger partial charge in [-0.15, -0.1) is 0 Å². The molecule has 0 aliphatic rings. The van der Waals surface area contributed by atoms with E-state index in [1.54, 1.807) is 6.20 Å². The Morgan fingerprint density at radius 1 is 1.47 bits per heavy atom. The van der Waals surface area contributed by atoms with Gasteiger partial charge in [-0.05, 0) is 19.2 Å². The van der Waals surface area contributed by atoms with Crippen molar-refractivity contribution in [3.05, 3.63) is 40.5 Å². The van der Waals surface area contributed by atoms with Gasteiger partial charge in [0.05, 0.1) is 6.20 Å². The van der Waals surface area contributed by atoms with Gasteiger partial charge in [-0.25, -0.2) is 0 Å². The number of hydrogen-bond donors (Lipinski definition) is 1. The molecule has 4 heteroatoms. The SMILES string of the molecule is CNCc1cnoc1-c1cccc(Br)c1. The number of benzene rings is 1. The summed E-state index contributed by atoms with van der Waals surface area (Å²) in [5.74, 6) is 0.825. The average Bonchev–Trinajstić information content (AvgIpc) is 2.66. The number of nitrogens with one attached hydrogen (secondary N) is 1. The average molecular weight is 267 g/mol. The summed E-state index contributed by atoms with van der Waals surface area (Å²) >= 11 is 3.43. The number of nitrogens with zero attached hydrogens (tertiary/aromatic N) is 1. The van der Waals surface area contributed by atoms with Crippen molar-refractivity contribution in [3.8, 4) is 11.3 Å². The molecule has 2 rings (SSSR count). The number of hydrogen-bond acceptors (Lipinski definition) is 3. The molecule has 0 atom stereocenters. The first kappa shape index (κ1) is 10.4. The zero-order valence-electron chi connectivity index (χ0n) is 8.33. The van der Waals surface area contributed by atoms with E-state index in [-0.39, 0.29) is 0 Å². The molecule has 2 aromatic rings. The maximum atomic E-state index is 5.25. The van der Waals surface area contributed by atoms with Gasteiger partial charge < -0.3 is 9.84 Å². The Labute approximate surface area is 96.6 Å². The van der Waals surface area contributed by atoms with Crippen LogP contribution in [0.2, 0.25) is 0 Å². The number of halogens is 1. The van der Waals surface area contributed by atoms with Gasteiger partial charge in [0, 0.05) is 22.1 Å². The second-order valence-corrected chi connectivity index (χ2v) is 4.14. The summed E-state index contributed by atoms with van der Waals surface area (Å²) in [6, 6.07) is 7.98. The molecular formula is C11H11BrN2O. The number of rotatable bonds is 3. The molecule has 1 aromatic carbocycles. The molecule has 0 bridgehead atoms. The molecule has 0 aliphatic carbocycles. The molecule has 1 heterocycles. The minimum absolute atomic E-state index is 0.755. The van der Waals surface area contributed by atoms with Gasteiger partial charge in [0.15, 0.2) is 5.76 Å². The lowest BCUT2D eigenvalue weighted by Gasteiger charge is -2.00. The number of aromatic nitrogens is 1. The largest absolute Gasteiger partial charge is 0.356 e. The first-order valence-electron chi connectivity index (χ1n) is 4.65. The molecule has 0 amide bonds. The van der Waals surface area contributed by atoms with Crippen molar-refractivity contribution in [2.24, 2.45) is 0 Å². The lowest BCUT2D eigenvalue weighted by molar-refractivity contribution is 0.431. The van der Waals surface area contributed by atoms with Crippen molar-refractivity contribution >= 4 is 15.9 Å². The van der Waals surface area contributed by atoms with Crippen LogP contribution in [0.5, 0.6) is 0 Å². The maximum Gasteiger partial charge on any atom is 0.171 e. The van der Waals surface area contributed by atoms with E-state index in [0.29, 0.717) is 0 Å². The summed E-state index contributed by atoms with van der Waals surface area (Å²) < 4.78 is 6.28. The predicted molar refractivity (Wildman–Crippen MR) is 62.4 cm³/mol. The van der Waals surface area contributed by atoms with E-state index in [2.05, 4.69) is 26.4 Å². The zero-order valence-corrected chi connectivity index (χ0v) is 9.91. The zero-order chi connectivity index (χ0) is 10.7. The third kappa shape index (κ3) is 2.27. The highest BCUT2D eigenvalue weighted by molar-refractivity contribution is 9.10. The highest BCUT2D eigenvalue weighted by Gasteiger charge is 2.09. The second-order valence-electron chi connectivity index (χ2n) is 3.22. The third-order valence-electron chi connectivity index (χ3n) is 2.10. The van der Waals surface area contributed by atoms with E-state index in [1.165, 1.54) is 0 Å². The van der Waals surface area contributed by atoms with Gasteiger partial charge in [0.1, 0.15) is 0 Å². The van der Waals surface area contributed by atoms with E-state index >= 15 is 0 Å². The van der Waals surface area contributed by atoms with Gasteiger partial charge in [-0.2, -0.15) is 0 Å². The highest BCUT2D eigenvalue weighted by atomic mass is 79.9. The van der Waals surface area contributed by atoms with Crippen molar-refractivity contribution in [1.82, 2.24) is 10.5 Å². The molecule has 0 spiro atoms. The molecule has 3 nitrogen and oxygen atoms in total. The van der Waals surface area contributed by atoms with Gasteiger partial charge in [0.25, 0.3) is 0 Å². The maximum absolute atomic E-state index is 5.25. The fourth-order valence-electron chi connectivity index (χ4n) is 1.44. The van der Waals surface area contributed by atoms with Crippen LogP contribution in [0.1, 0.15) is 5.56 Å². The van der Waals surface area contributed by atoms with Crippen molar-refractivity contribution in [1.29, 1.82) is 0 Å². The van der Waals surface area contributed by atoms with E-state index < -0.39 is 0 Å². The Morgan fingerprint density at radius 3 is 3.07 bits per heavy atom. The van der Waals surface area contributed by atoms with Crippen LogP contribution < -0.4 is 5.32 Å². The monoisotopic (exact) mass is 266 g/mol. The summed E-state index contributed by atoms with van der Waals surface area (Å²) in [7, 11) is 1.90. The molecule has 1 N–H and O–H groups in total. The lowest BCUT2D eigenvalue weighted by Crippen LogP contribution is -2.04. The Kier molecular flexibility index (Phi) is 3.18. The van der Waals surface area contributed by atoms with Crippen LogP contribution in [0.4, 0.5) is 0 Å². The standard InChI is InChI=1S/C11H11BrN2O/c1-13-6-9-7-14-15-11(9)8-3-2-4-10(12)5-8/h2-5,7,13H,6H2,1H3. The molecule has 0 aliphatic heterocycles. The molecule has 0 unspecified atom stereocenters. The fourth-order valence-corrected chi connectivity index (χ4v) is 1.84. The predicted octanol–water partition coefficient (Wildman–Crippen LogP) is 2.82. The van der Waals surface area contributed by atoms with E-state index in [4.69, 9.17) is 4.52 Å². The minimum atomic E-state index is 0.755. The van der Waals surface area contributed by atoms with Crippen LogP contribution in [-0.4, -0.2) is 12.2 Å². The topological polar surface area (TPSA) is 38.1 Å². The third-order valence-corrected chi connectivity index (χ3v) is 2.59. The summed E-state index contributed by atoms with van der Waals surface area (Å²) in [6.45, 7) is 0.755. The molecule has 0 fully saturated rings. The summed E-state index contributed by atoms with van der Waals surface area (Å²) in [5.41, 5.74) is 2.10. The van der Waals surface area contributed by atoms with E-state index in [0.717, 1.165) is 27.9 Å². The molecule has 78 valence electrons. The van der Waals surface area contributed by atoms with Crippen molar-refractivity contribution in [2.45, 2.75) is 6.54 Å². The van der Waals surface area contributed by atoms with Gasteiger partial charge >= 0.3 is 0 Å². The van der Waals surface area contributed by atoms with Crippen LogP contribution in [0.15, 0.2) is 39.5 Å². The Morgan fingerprint density at radius 2 is 2.33 bits per heavy atom. The van der Waals surface area contributed by atoms with E-state index in [1.807, 2.05) is 31.3 Å². The quantitative estimate of drug-likeness (QED) is 0.929. The summed E-state index contributed by atoms with van der Waals surface area (Å²) in [6.07, 6.45) is 1.74. The van der Waals surface area contributed by atoms with E-state index in [9.17, 15) is 0 Å². The Hall–Kier alpha value is -1.13. The highest BCUT2D eigenvalue weighted by Crippen LogP contribution is 2.25. The fraction of sp³-hybridized carbons (Fsp3) is 0.182. The summed E-state index contributed by atoms with van der Waals surface area (Å²) in [5, 5.41) is 6.90. The van der Waals surface area contributed by atoms with Crippen LogP contribution in [0, 0.1) is 0 Å². The first-order chi connectivity index (χ1) is 7.31. The van der Waals surface area contributed by atoms with Crippen molar-refractivity contribution < 1.29 is 4.52 Å². The summed E-state index contributed by atoms with van der Waals surface area (Å²) in [4.78, 5) is 0. The second kappa shape index (κ2) is 4.59. The molecule has 0 saturated heterocycles. The molecule has 15 heavy (non-hydrogen) atoms. The molecule has 0 saturated carbocycles. The minimum Gasteiger partial charge on any atom is -0.356 e. The normalized spacial score (nSPS) is 10.5. The molecular weight excluding hydrogens is 256 g/mol. The van der Waals surface area contributed by atoms with Crippen LogP contribution >= 0.6 is 15.9 Å². The Balaban J connectivity index is 2.40. The first-order valence-corrected chi connectivity index (χ1v) is 5.44. The van der Waals surface area contributed by atoms with Crippen LogP contribution in [0.3, 0.4) is 0 Å². The van der Waals surface area contributed by atoms with Crippen molar-refractivity contribution in [2.75, 3.05) is 7.05 Å². The lowest BCUT2D eigenvalue weighted by atomic mass is 10.1. The van der Waals surface area contributed by atoms with Crippen LogP contribution in [-0.2, 0) is 6.54 Å².